The number of aliphatic carboxylic acids is 1. The van der Waals surface area contributed by atoms with Crippen LogP contribution in [0.25, 0.3) is 0 Å². The molecule has 0 unspecified atom stereocenters. The Morgan fingerprint density at radius 2 is 1.77 bits per heavy atom. The number of carboxylic acid groups (broad SMARTS) is 1. The maximum absolute atomic E-state index is 12.9. The molecule has 120 valence electrons. The van der Waals surface area contributed by atoms with Gasteiger partial charge in [0.15, 0.2) is 0 Å². The van der Waals surface area contributed by atoms with Gasteiger partial charge in [0.25, 0.3) is 0 Å². The molecule has 1 aliphatic carbocycles. The van der Waals surface area contributed by atoms with E-state index in [4.69, 9.17) is 9.84 Å². The number of hydrogen-bond acceptors (Lipinski definition) is 3. The summed E-state index contributed by atoms with van der Waals surface area (Å²) in [5, 5.41) is 8.94. The Morgan fingerprint density at radius 1 is 1.18 bits per heavy atom. The van der Waals surface area contributed by atoms with E-state index in [1.54, 1.807) is 14.2 Å². The summed E-state index contributed by atoms with van der Waals surface area (Å²) < 4.78 is 5.18. The van der Waals surface area contributed by atoms with Crippen molar-refractivity contribution >= 4 is 11.9 Å². The van der Waals surface area contributed by atoms with Crippen molar-refractivity contribution in [2.75, 3.05) is 20.7 Å². The first-order valence-corrected chi connectivity index (χ1v) is 7.61. The molecule has 0 heterocycles. The van der Waals surface area contributed by atoms with E-state index in [-0.39, 0.29) is 12.5 Å². The predicted octanol–water partition coefficient (Wildman–Crippen LogP) is 2.44. The zero-order valence-corrected chi connectivity index (χ0v) is 13.2. The van der Waals surface area contributed by atoms with Gasteiger partial charge in [-0.3, -0.25) is 9.59 Å². The molecule has 5 nitrogen and oxygen atoms in total. The van der Waals surface area contributed by atoms with Crippen molar-refractivity contribution in [3.63, 3.8) is 0 Å². The molecule has 0 atom stereocenters. The van der Waals surface area contributed by atoms with E-state index in [2.05, 4.69) is 0 Å². The van der Waals surface area contributed by atoms with Gasteiger partial charge >= 0.3 is 5.97 Å². The molecule has 2 rings (SSSR count). The predicted molar refractivity (Wildman–Crippen MR) is 83.0 cm³/mol. The van der Waals surface area contributed by atoms with Gasteiger partial charge < -0.3 is 14.7 Å². The van der Waals surface area contributed by atoms with Crippen LogP contribution in [0.3, 0.4) is 0 Å². The topological polar surface area (TPSA) is 66.8 Å². The minimum atomic E-state index is -0.989. The van der Waals surface area contributed by atoms with E-state index >= 15 is 0 Å². The third-order valence-corrected chi connectivity index (χ3v) is 4.48. The Balaban J connectivity index is 2.34. The van der Waals surface area contributed by atoms with Gasteiger partial charge in [0.1, 0.15) is 12.3 Å². The van der Waals surface area contributed by atoms with Gasteiger partial charge in [-0.2, -0.15) is 0 Å². The molecule has 0 saturated heterocycles. The number of amides is 1. The van der Waals surface area contributed by atoms with Gasteiger partial charge in [-0.25, -0.2) is 0 Å². The number of carbonyl (C=O) groups is 2. The Morgan fingerprint density at radius 3 is 2.27 bits per heavy atom. The first-order chi connectivity index (χ1) is 10.5. The summed E-state index contributed by atoms with van der Waals surface area (Å²) in [6, 6.07) is 7.57. The van der Waals surface area contributed by atoms with Crippen LogP contribution in [0, 0.1) is 0 Å². The highest BCUT2D eigenvalue weighted by atomic mass is 16.5. The molecule has 1 aromatic rings. The molecule has 1 N–H and O–H groups in total. The molecular weight excluding hydrogens is 282 g/mol. The van der Waals surface area contributed by atoms with E-state index in [0.717, 1.165) is 43.4 Å². The molecule has 1 saturated carbocycles. The summed E-state index contributed by atoms with van der Waals surface area (Å²) in [5.74, 6) is -0.336. The van der Waals surface area contributed by atoms with Crippen LogP contribution >= 0.6 is 0 Å². The summed E-state index contributed by atoms with van der Waals surface area (Å²) in [6.07, 6.45) is 4.62. The second kappa shape index (κ2) is 6.81. The number of nitrogens with zero attached hydrogens (tertiary/aromatic N) is 1. The molecule has 22 heavy (non-hydrogen) atoms. The largest absolute Gasteiger partial charge is 0.497 e. The Kier molecular flexibility index (Phi) is 5.06. The smallest absolute Gasteiger partial charge is 0.323 e. The highest BCUT2D eigenvalue weighted by molar-refractivity contribution is 5.90. The molecule has 0 bridgehead atoms. The minimum Gasteiger partial charge on any atom is -0.497 e. The molecule has 0 spiro atoms. The normalized spacial score (nSPS) is 16.8. The lowest BCUT2D eigenvalue weighted by atomic mass is 9.68. The third kappa shape index (κ3) is 3.24. The van der Waals surface area contributed by atoms with Gasteiger partial charge in [0.2, 0.25) is 5.91 Å². The number of benzene rings is 1. The molecule has 1 aliphatic rings. The average Bonchev–Trinajstić information content (AvgIpc) is 2.54. The van der Waals surface area contributed by atoms with Gasteiger partial charge in [-0.15, -0.1) is 0 Å². The summed E-state index contributed by atoms with van der Waals surface area (Å²) >= 11 is 0. The molecule has 1 fully saturated rings. The summed E-state index contributed by atoms with van der Waals surface area (Å²) in [5.41, 5.74) is 0.351. The van der Waals surface area contributed by atoms with Gasteiger partial charge in [0.05, 0.1) is 12.5 Å². The van der Waals surface area contributed by atoms with Crippen molar-refractivity contribution in [2.45, 2.75) is 37.5 Å². The van der Waals surface area contributed by atoms with Crippen LogP contribution in [0.15, 0.2) is 24.3 Å². The highest BCUT2D eigenvalue weighted by Gasteiger charge is 2.42. The number of carbonyl (C=O) groups excluding carboxylic acids is 1. The molecule has 1 aromatic carbocycles. The van der Waals surface area contributed by atoms with Crippen LogP contribution in [0.4, 0.5) is 0 Å². The van der Waals surface area contributed by atoms with Crippen molar-refractivity contribution in [2.24, 2.45) is 0 Å². The fourth-order valence-electron chi connectivity index (χ4n) is 3.33. The van der Waals surface area contributed by atoms with E-state index < -0.39 is 11.4 Å². The zero-order chi connectivity index (χ0) is 16.2. The maximum Gasteiger partial charge on any atom is 0.323 e. The van der Waals surface area contributed by atoms with Gasteiger partial charge in [0, 0.05) is 7.05 Å². The molecule has 1 amide bonds. The summed E-state index contributed by atoms with van der Waals surface area (Å²) in [6.45, 7) is -0.267. The molecule has 0 aliphatic heterocycles. The summed E-state index contributed by atoms with van der Waals surface area (Å²) in [4.78, 5) is 25.2. The Hall–Kier alpha value is -2.04. The van der Waals surface area contributed by atoms with Crippen LogP contribution in [0.5, 0.6) is 5.75 Å². The number of rotatable bonds is 5. The average molecular weight is 305 g/mol. The number of carboxylic acids is 1. The Bertz CT molecular complexity index is 532. The van der Waals surface area contributed by atoms with E-state index in [1.807, 2.05) is 24.3 Å². The quantitative estimate of drug-likeness (QED) is 0.907. The first-order valence-electron chi connectivity index (χ1n) is 7.61. The van der Waals surface area contributed by atoms with Crippen molar-refractivity contribution in [1.29, 1.82) is 0 Å². The van der Waals surface area contributed by atoms with Crippen LogP contribution < -0.4 is 4.74 Å². The maximum atomic E-state index is 12.9. The fraction of sp³-hybridized carbons (Fsp3) is 0.529. The van der Waals surface area contributed by atoms with Crippen molar-refractivity contribution in [3.8, 4) is 5.75 Å². The van der Waals surface area contributed by atoms with Crippen LogP contribution in [0.2, 0.25) is 0 Å². The second-order valence-corrected chi connectivity index (χ2v) is 5.93. The summed E-state index contributed by atoms with van der Waals surface area (Å²) in [7, 11) is 3.17. The first kappa shape index (κ1) is 16.3. The van der Waals surface area contributed by atoms with E-state index in [0.29, 0.717) is 0 Å². The molecule has 5 heteroatoms. The standard InChI is InChI=1S/C17H23NO4/c1-18(12-15(19)20)16(21)17(10-4-3-5-11-17)13-6-8-14(22-2)9-7-13/h6-9H,3-5,10-12H2,1-2H3,(H,19,20). The van der Waals surface area contributed by atoms with Crippen molar-refractivity contribution < 1.29 is 19.4 Å². The monoisotopic (exact) mass is 305 g/mol. The fourth-order valence-corrected chi connectivity index (χ4v) is 3.33. The van der Waals surface area contributed by atoms with Gasteiger partial charge in [-0.1, -0.05) is 31.4 Å². The minimum absolute atomic E-state index is 0.0974. The van der Waals surface area contributed by atoms with Crippen molar-refractivity contribution in [3.05, 3.63) is 29.8 Å². The molecular formula is C17H23NO4. The van der Waals surface area contributed by atoms with Crippen molar-refractivity contribution in [1.82, 2.24) is 4.90 Å². The van der Waals surface area contributed by atoms with Crippen LogP contribution in [-0.2, 0) is 15.0 Å². The van der Waals surface area contributed by atoms with E-state index in [9.17, 15) is 9.59 Å². The van der Waals surface area contributed by atoms with Gasteiger partial charge in [-0.05, 0) is 30.5 Å². The lowest BCUT2D eigenvalue weighted by molar-refractivity contribution is -0.146. The zero-order valence-electron chi connectivity index (χ0n) is 13.2. The molecule has 0 aromatic heterocycles. The number of hydrogen-bond donors (Lipinski definition) is 1. The number of methoxy groups -OCH3 is 1. The Labute approximate surface area is 130 Å². The lowest BCUT2D eigenvalue weighted by Crippen LogP contribution is -2.48. The number of ether oxygens (including phenoxy) is 1. The lowest BCUT2D eigenvalue weighted by Gasteiger charge is -2.39. The number of likely N-dealkylation sites (N-methyl/N-ethyl adjacent to an activating group) is 1. The van der Waals surface area contributed by atoms with E-state index in [1.165, 1.54) is 4.90 Å². The van der Waals surface area contributed by atoms with Crippen LogP contribution in [0.1, 0.15) is 37.7 Å². The third-order valence-electron chi connectivity index (χ3n) is 4.48. The second-order valence-electron chi connectivity index (χ2n) is 5.93. The van der Waals surface area contributed by atoms with Crippen LogP contribution in [-0.4, -0.2) is 42.6 Å². The highest BCUT2D eigenvalue weighted by Crippen LogP contribution is 2.41. The molecule has 0 radical (unpaired) electrons. The SMILES string of the molecule is COc1ccc(C2(C(=O)N(C)CC(=O)O)CCCCC2)cc1.